The number of nitrogens with zero attached hydrogens (tertiary/aromatic N) is 1. The summed E-state index contributed by atoms with van der Waals surface area (Å²) in [6, 6.07) is 14.0. The van der Waals surface area contributed by atoms with Crippen LogP contribution in [0.1, 0.15) is 43.0 Å². The predicted octanol–water partition coefficient (Wildman–Crippen LogP) is 3.74. The van der Waals surface area contributed by atoms with Crippen molar-refractivity contribution in [2.24, 2.45) is 4.99 Å². The van der Waals surface area contributed by atoms with E-state index in [9.17, 15) is 8.42 Å². The lowest BCUT2D eigenvalue weighted by Crippen LogP contribution is -2.43. The Morgan fingerprint density at radius 3 is 2.38 bits per heavy atom. The molecular formula is C23H33N3O2S. The van der Waals surface area contributed by atoms with E-state index in [2.05, 4.69) is 60.7 Å². The van der Waals surface area contributed by atoms with Crippen LogP contribution in [0, 0.1) is 13.8 Å². The van der Waals surface area contributed by atoms with Crippen LogP contribution in [-0.4, -0.2) is 33.7 Å². The van der Waals surface area contributed by atoms with Crippen molar-refractivity contribution >= 4 is 15.8 Å². The van der Waals surface area contributed by atoms with Gasteiger partial charge in [0.05, 0.1) is 11.4 Å². The van der Waals surface area contributed by atoms with Crippen molar-refractivity contribution in [2.75, 3.05) is 19.3 Å². The molecule has 0 atom stereocenters. The summed E-state index contributed by atoms with van der Waals surface area (Å²) in [6.07, 6.45) is 1.23. The van der Waals surface area contributed by atoms with Gasteiger partial charge in [-0.15, -0.1) is 0 Å². The number of aryl methyl sites for hydroxylation is 2. The molecule has 0 aliphatic heterocycles. The van der Waals surface area contributed by atoms with Gasteiger partial charge in [-0.25, -0.2) is 13.4 Å². The third-order valence-corrected chi connectivity index (χ3v) is 6.16. The second-order valence-corrected chi connectivity index (χ2v) is 10.2. The topological polar surface area (TPSA) is 70.6 Å². The number of hydrogen-bond acceptors (Lipinski definition) is 3. The SMILES string of the molecule is CCNC(=NCc1ccc(S(C)(=O)=O)c(C)c1)NCC(C)(C)c1cccc(C)c1. The Bertz CT molecular complexity index is 979. The molecule has 2 aromatic carbocycles. The molecule has 6 heteroatoms. The maximum absolute atomic E-state index is 11.8. The van der Waals surface area contributed by atoms with Crippen LogP contribution in [0.4, 0.5) is 0 Å². The van der Waals surface area contributed by atoms with Crippen LogP contribution in [-0.2, 0) is 21.8 Å². The van der Waals surface area contributed by atoms with E-state index in [1.807, 2.05) is 26.0 Å². The molecule has 5 nitrogen and oxygen atoms in total. The van der Waals surface area contributed by atoms with Gasteiger partial charge in [0.25, 0.3) is 0 Å². The van der Waals surface area contributed by atoms with Crippen molar-refractivity contribution in [3.05, 3.63) is 64.7 Å². The minimum Gasteiger partial charge on any atom is -0.357 e. The summed E-state index contributed by atoms with van der Waals surface area (Å²) in [4.78, 5) is 5.05. The first-order valence-electron chi connectivity index (χ1n) is 9.92. The zero-order valence-corrected chi connectivity index (χ0v) is 19.2. The van der Waals surface area contributed by atoms with Crippen molar-refractivity contribution in [1.82, 2.24) is 10.6 Å². The number of benzene rings is 2. The average Bonchev–Trinajstić information content (AvgIpc) is 2.63. The summed E-state index contributed by atoms with van der Waals surface area (Å²) in [7, 11) is -3.21. The van der Waals surface area contributed by atoms with E-state index in [1.54, 1.807) is 6.07 Å². The van der Waals surface area contributed by atoms with Gasteiger partial charge in [0.1, 0.15) is 0 Å². The molecule has 0 spiro atoms. The highest BCUT2D eigenvalue weighted by Crippen LogP contribution is 2.23. The summed E-state index contributed by atoms with van der Waals surface area (Å²) >= 11 is 0. The molecule has 0 aliphatic rings. The Morgan fingerprint density at radius 2 is 1.79 bits per heavy atom. The molecule has 2 N–H and O–H groups in total. The smallest absolute Gasteiger partial charge is 0.191 e. The zero-order chi connectivity index (χ0) is 21.7. The van der Waals surface area contributed by atoms with Gasteiger partial charge in [0.2, 0.25) is 0 Å². The summed E-state index contributed by atoms with van der Waals surface area (Å²) in [6.45, 7) is 12.4. The molecule has 0 unspecified atom stereocenters. The summed E-state index contributed by atoms with van der Waals surface area (Å²) < 4.78 is 23.6. The van der Waals surface area contributed by atoms with Gasteiger partial charge >= 0.3 is 0 Å². The lowest BCUT2D eigenvalue weighted by Gasteiger charge is -2.27. The minimum atomic E-state index is -3.21. The number of guanidine groups is 1. The van der Waals surface area contributed by atoms with Crippen LogP contribution in [0.3, 0.4) is 0 Å². The Labute approximate surface area is 175 Å². The third-order valence-electron chi connectivity index (χ3n) is 4.90. The van der Waals surface area contributed by atoms with E-state index in [-0.39, 0.29) is 5.41 Å². The van der Waals surface area contributed by atoms with Crippen molar-refractivity contribution < 1.29 is 8.42 Å². The quantitative estimate of drug-likeness (QED) is 0.534. The molecule has 0 fully saturated rings. The second-order valence-electron chi connectivity index (χ2n) is 8.17. The van der Waals surface area contributed by atoms with Crippen molar-refractivity contribution in [2.45, 2.75) is 51.5 Å². The molecule has 2 aromatic rings. The van der Waals surface area contributed by atoms with Crippen molar-refractivity contribution in [3.8, 4) is 0 Å². The van der Waals surface area contributed by atoms with E-state index in [0.717, 1.165) is 30.2 Å². The molecule has 0 saturated carbocycles. The highest BCUT2D eigenvalue weighted by Gasteiger charge is 2.21. The van der Waals surface area contributed by atoms with Gasteiger partial charge in [0, 0.05) is 24.8 Å². The molecule has 29 heavy (non-hydrogen) atoms. The van der Waals surface area contributed by atoms with E-state index < -0.39 is 9.84 Å². The number of hydrogen-bond donors (Lipinski definition) is 2. The van der Waals surface area contributed by atoms with E-state index in [4.69, 9.17) is 0 Å². The van der Waals surface area contributed by atoms with Crippen molar-refractivity contribution in [3.63, 3.8) is 0 Å². The van der Waals surface area contributed by atoms with Crippen molar-refractivity contribution in [1.29, 1.82) is 0 Å². The lowest BCUT2D eigenvalue weighted by atomic mass is 9.84. The summed E-state index contributed by atoms with van der Waals surface area (Å²) in [5.41, 5.74) is 4.22. The summed E-state index contributed by atoms with van der Waals surface area (Å²) in [5.74, 6) is 0.748. The van der Waals surface area contributed by atoms with Crippen LogP contribution >= 0.6 is 0 Å². The Kier molecular flexibility index (Phi) is 7.47. The van der Waals surface area contributed by atoms with Crippen LogP contribution in [0.2, 0.25) is 0 Å². The maximum Gasteiger partial charge on any atom is 0.191 e. The highest BCUT2D eigenvalue weighted by atomic mass is 32.2. The average molecular weight is 416 g/mol. The Morgan fingerprint density at radius 1 is 1.07 bits per heavy atom. The number of nitrogens with one attached hydrogen (secondary N) is 2. The van der Waals surface area contributed by atoms with Gasteiger partial charge < -0.3 is 10.6 Å². The minimum absolute atomic E-state index is 0.0457. The van der Waals surface area contributed by atoms with Gasteiger partial charge in [-0.2, -0.15) is 0 Å². The van der Waals surface area contributed by atoms with E-state index in [1.165, 1.54) is 17.4 Å². The fraction of sp³-hybridized carbons (Fsp3) is 0.435. The summed E-state index contributed by atoms with van der Waals surface area (Å²) in [5, 5.41) is 6.72. The first kappa shape index (κ1) is 22.9. The third kappa shape index (κ3) is 6.60. The van der Waals surface area contributed by atoms with Crippen LogP contribution in [0.25, 0.3) is 0 Å². The molecule has 0 bridgehead atoms. The first-order valence-corrected chi connectivity index (χ1v) is 11.8. The molecule has 0 radical (unpaired) electrons. The molecule has 0 amide bonds. The fourth-order valence-corrected chi connectivity index (χ4v) is 4.17. The Balaban J connectivity index is 2.11. The highest BCUT2D eigenvalue weighted by molar-refractivity contribution is 7.90. The maximum atomic E-state index is 11.8. The lowest BCUT2D eigenvalue weighted by molar-refractivity contribution is 0.508. The normalized spacial score (nSPS) is 12.7. The number of aliphatic imine (C=N–C) groups is 1. The number of rotatable bonds is 7. The van der Waals surface area contributed by atoms with Crippen LogP contribution in [0.5, 0.6) is 0 Å². The van der Waals surface area contributed by atoms with Gasteiger partial charge in [-0.1, -0.05) is 55.8 Å². The molecule has 0 heterocycles. The second kappa shape index (κ2) is 9.44. The molecule has 158 valence electrons. The predicted molar refractivity (Wildman–Crippen MR) is 121 cm³/mol. The van der Waals surface area contributed by atoms with E-state index in [0.29, 0.717) is 11.4 Å². The standard InChI is InChI=1S/C23H33N3O2S/c1-7-24-22(26-16-23(4,5)20-10-8-9-17(2)13-20)25-15-19-11-12-21(18(3)14-19)29(6,27)28/h8-14H,7,15-16H2,1-6H3,(H2,24,25,26). The first-order chi connectivity index (χ1) is 13.5. The molecular weight excluding hydrogens is 382 g/mol. The monoisotopic (exact) mass is 415 g/mol. The zero-order valence-electron chi connectivity index (χ0n) is 18.3. The van der Waals surface area contributed by atoms with Crippen LogP contribution in [0.15, 0.2) is 52.4 Å². The fourth-order valence-electron chi connectivity index (χ4n) is 3.21. The van der Waals surface area contributed by atoms with Gasteiger partial charge in [-0.3, -0.25) is 0 Å². The largest absolute Gasteiger partial charge is 0.357 e. The van der Waals surface area contributed by atoms with Gasteiger partial charge in [0.15, 0.2) is 15.8 Å². The Hall–Kier alpha value is -2.34. The van der Waals surface area contributed by atoms with Gasteiger partial charge in [-0.05, 0) is 43.5 Å². The molecule has 0 saturated heterocycles. The van der Waals surface area contributed by atoms with Crippen LogP contribution < -0.4 is 10.6 Å². The molecule has 0 aliphatic carbocycles. The molecule has 0 aromatic heterocycles. The molecule has 2 rings (SSSR count). The number of sulfone groups is 1. The van der Waals surface area contributed by atoms with E-state index >= 15 is 0 Å².